The minimum Gasteiger partial charge on any atom is -0.462 e. The van der Waals surface area contributed by atoms with Gasteiger partial charge in [-0.15, -0.1) is 10.2 Å². The van der Waals surface area contributed by atoms with Gasteiger partial charge in [0.05, 0.1) is 23.6 Å². The molecule has 0 saturated carbocycles. The number of fused-ring (bicyclic) bond motifs is 1. The van der Waals surface area contributed by atoms with E-state index in [9.17, 15) is 9.59 Å². The Kier molecular flexibility index (Phi) is 6.28. The van der Waals surface area contributed by atoms with Crippen molar-refractivity contribution in [2.24, 2.45) is 0 Å². The molecule has 0 unspecified atom stereocenters. The van der Waals surface area contributed by atoms with Gasteiger partial charge in [-0.2, -0.15) is 0 Å². The van der Waals surface area contributed by atoms with E-state index in [-0.39, 0.29) is 23.5 Å². The van der Waals surface area contributed by atoms with E-state index in [4.69, 9.17) is 9.15 Å². The highest BCUT2D eigenvalue weighted by Crippen LogP contribution is 2.29. The Morgan fingerprint density at radius 1 is 1.00 bits per heavy atom. The number of thioether (sulfide) groups is 1. The molecule has 0 fully saturated rings. The molecule has 1 aromatic heterocycles. The fourth-order valence-electron chi connectivity index (χ4n) is 3.08. The van der Waals surface area contributed by atoms with E-state index in [0.29, 0.717) is 17.1 Å². The number of nitrogens with one attached hydrogen (secondary N) is 1. The number of anilines is 1. The van der Waals surface area contributed by atoms with Crippen molar-refractivity contribution < 1.29 is 18.7 Å². The molecule has 1 amide bonds. The van der Waals surface area contributed by atoms with Crippen LogP contribution in [-0.2, 0) is 9.53 Å². The molecule has 4 aromatic rings. The number of para-hydroxylation sites is 1. The van der Waals surface area contributed by atoms with E-state index in [1.807, 2.05) is 42.5 Å². The van der Waals surface area contributed by atoms with Crippen LogP contribution in [0.4, 0.5) is 5.69 Å². The third kappa shape index (κ3) is 4.75. The molecule has 0 bridgehead atoms. The minimum absolute atomic E-state index is 0.0499. The number of esters is 1. The van der Waals surface area contributed by atoms with Crippen molar-refractivity contribution in [1.82, 2.24) is 10.2 Å². The molecular weight excluding hydrogens is 414 g/mol. The van der Waals surface area contributed by atoms with Crippen LogP contribution in [0.2, 0.25) is 0 Å². The van der Waals surface area contributed by atoms with Crippen LogP contribution in [0.3, 0.4) is 0 Å². The van der Waals surface area contributed by atoms with E-state index in [0.717, 1.165) is 28.1 Å². The summed E-state index contributed by atoms with van der Waals surface area (Å²) in [6.07, 6.45) is 0. The lowest BCUT2D eigenvalue weighted by Crippen LogP contribution is -2.17. The standard InChI is InChI=1S/C23H19N3O4S/c1-2-29-22(28)18-11-5-6-13-19(18)24-20(27)14-31-23-26-25-21(30-23)17-12-7-9-15-8-3-4-10-16(15)17/h3-13H,2,14H2,1H3,(H,24,27). The number of hydrogen-bond acceptors (Lipinski definition) is 7. The molecule has 0 radical (unpaired) electrons. The van der Waals surface area contributed by atoms with Crippen LogP contribution in [0.1, 0.15) is 17.3 Å². The van der Waals surface area contributed by atoms with Crippen molar-refractivity contribution >= 4 is 40.1 Å². The summed E-state index contributed by atoms with van der Waals surface area (Å²) in [6, 6.07) is 20.5. The molecular formula is C23H19N3O4S. The highest BCUT2D eigenvalue weighted by molar-refractivity contribution is 7.99. The molecule has 0 atom stereocenters. The summed E-state index contributed by atoms with van der Waals surface area (Å²) in [6.45, 7) is 1.99. The molecule has 7 nitrogen and oxygen atoms in total. The zero-order chi connectivity index (χ0) is 21.6. The Labute approximate surface area is 182 Å². The van der Waals surface area contributed by atoms with Crippen molar-refractivity contribution in [3.05, 3.63) is 72.3 Å². The van der Waals surface area contributed by atoms with Gasteiger partial charge in [-0.05, 0) is 35.9 Å². The van der Waals surface area contributed by atoms with E-state index < -0.39 is 5.97 Å². The number of carbonyl (C=O) groups is 2. The molecule has 1 heterocycles. The Morgan fingerprint density at radius 3 is 2.65 bits per heavy atom. The number of ether oxygens (including phenoxy) is 1. The summed E-state index contributed by atoms with van der Waals surface area (Å²) >= 11 is 1.12. The number of amides is 1. The van der Waals surface area contributed by atoms with Crippen LogP contribution in [0.15, 0.2) is 76.4 Å². The first-order chi connectivity index (χ1) is 15.2. The van der Waals surface area contributed by atoms with Crippen LogP contribution in [-0.4, -0.2) is 34.4 Å². The van der Waals surface area contributed by atoms with Gasteiger partial charge < -0.3 is 14.5 Å². The van der Waals surface area contributed by atoms with E-state index >= 15 is 0 Å². The van der Waals surface area contributed by atoms with Crippen LogP contribution < -0.4 is 5.32 Å². The molecule has 0 aliphatic carbocycles. The number of rotatable bonds is 7. The van der Waals surface area contributed by atoms with Crippen molar-refractivity contribution in [1.29, 1.82) is 0 Å². The molecule has 4 rings (SSSR count). The average molecular weight is 433 g/mol. The molecule has 1 N–H and O–H groups in total. The lowest BCUT2D eigenvalue weighted by molar-refractivity contribution is -0.113. The summed E-state index contributed by atoms with van der Waals surface area (Å²) in [4.78, 5) is 24.4. The summed E-state index contributed by atoms with van der Waals surface area (Å²) < 4.78 is 10.8. The van der Waals surface area contributed by atoms with Gasteiger partial charge in [0.2, 0.25) is 11.8 Å². The molecule has 156 valence electrons. The maximum atomic E-state index is 12.4. The molecule has 0 saturated heterocycles. The molecule has 3 aromatic carbocycles. The molecule has 0 aliphatic rings. The van der Waals surface area contributed by atoms with Crippen LogP contribution in [0, 0.1) is 0 Å². The summed E-state index contributed by atoms with van der Waals surface area (Å²) in [5.41, 5.74) is 1.54. The van der Waals surface area contributed by atoms with Gasteiger partial charge in [-0.1, -0.05) is 60.3 Å². The first kappa shape index (κ1) is 20.6. The van der Waals surface area contributed by atoms with Crippen LogP contribution in [0.25, 0.3) is 22.2 Å². The second-order valence-electron chi connectivity index (χ2n) is 6.50. The average Bonchev–Trinajstić information content (AvgIpc) is 3.27. The molecule has 8 heteroatoms. The van der Waals surface area contributed by atoms with E-state index in [1.165, 1.54) is 0 Å². The Hall–Kier alpha value is -3.65. The van der Waals surface area contributed by atoms with E-state index in [1.54, 1.807) is 31.2 Å². The fourth-order valence-corrected chi connectivity index (χ4v) is 3.64. The molecule has 0 spiro atoms. The second-order valence-corrected chi connectivity index (χ2v) is 7.43. The monoisotopic (exact) mass is 433 g/mol. The maximum Gasteiger partial charge on any atom is 0.340 e. The van der Waals surface area contributed by atoms with Gasteiger partial charge in [0, 0.05) is 5.56 Å². The normalized spacial score (nSPS) is 10.7. The van der Waals surface area contributed by atoms with Gasteiger partial charge >= 0.3 is 5.97 Å². The lowest BCUT2D eigenvalue weighted by atomic mass is 10.0. The van der Waals surface area contributed by atoms with Crippen molar-refractivity contribution in [3.8, 4) is 11.5 Å². The van der Waals surface area contributed by atoms with Crippen molar-refractivity contribution in [2.75, 3.05) is 17.7 Å². The van der Waals surface area contributed by atoms with Gasteiger partial charge in [-0.3, -0.25) is 4.79 Å². The summed E-state index contributed by atoms with van der Waals surface area (Å²) in [5, 5.41) is 13.3. The van der Waals surface area contributed by atoms with Crippen molar-refractivity contribution in [3.63, 3.8) is 0 Å². The Bertz CT molecular complexity index is 1230. The van der Waals surface area contributed by atoms with Crippen molar-refractivity contribution in [2.45, 2.75) is 12.1 Å². The highest BCUT2D eigenvalue weighted by Gasteiger charge is 2.16. The van der Waals surface area contributed by atoms with Crippen LogP contribution >= 0.6 is 11.8 Å². The Balaban J connectivity index is 1.43. The smallest absolute Gasteiger partial charge is 0.340 e. The zero-order valence-electron chi connectivity index (χ0n) is 16.7. The predicted octanol–water partition coefficient (Wildman–Crippen LogP) is 4.80. The fraction of sp³-hybridized carbons (Fsp3) is 0.130. The van der Waals surface area contributed by atoms with Gasteiger partial charge in [0.25, 0.3) is 5.22 Å². The van der Waals surface area contributed by atoms with Gasteiger partial charge in [0.1, 0.15) is 0 Å². The second kappa shape index (κ2) is 9.44. The van der Waals surface area contributed by atoms with Gasteiger partial charge in [-0.25, -0.2) is 4.79 Å². The number of nitrogens with zero attached hydrogens (tertiary/aromatic N) is 2. The largest absolute Gasteiger partial charge is 0.462 e. The molecule has 31 heavy (non-hydrogen) atoms. The third-order valence-electron chi connectivity index (χ3n) is 4.45. The number of aromatic nitrogens is 2. The minimum atomic E-state index is -0.484. The highest BCUT2D eigenvalue weighted by atomic mass is 32.2. The first-order valence-corrected chi connectivity index (χ1v) is 10.6. The maximum absolute atomic E-state index is 12.4. The third-order valence-corrected chi connectivity index (χ3v) is 5.27. The summed E-state index contributed by atoms with van der Waals surface area (Å²) in [7, 11) is 0. The quantitative estimate of drug-likeness (QED) is 0.330. The predicted molar refractivity (Wildman–Crippen MR) is 119 cm³/mol. The Morgan fingerprint density at radius 2 is 1.77 bits per heavy atom. The summed E-state index contributed by atoms with van der Waals surface area (Å²) in [5.74, 6) is -0.337. The van der Waals surface area contributed by atoms with Gasteiger partial charge in [0.15, 0.2) is 0 Å². The van der Waals surface area contributed by atoms with E-state index in [2.05, 4.69) is 15.5 Å². The molecule has 0 aliphatic heterocycles. The SMILES string of the molecule is CCOC(=O)c1ccccc1NC(=O)CSc1nnc(-c2cccc3ccccc23)o1. The number of hydrogen-bond donors (Lipinski definition) is 1. The topological polar surface area (TPSA) is 94.3 Å². The lowest BCUT2D eigenvalue weighted by Gasteiger charge is -2.09. The number of benzene rings is 3. The van der Waals surface area contributed by atoms with Crippen LogP contribution in [0.5, 0.6) is 0 Å². The zero-order valence-corrected chi connectivity index (χ0v) is 17.5. The first-order valence-electron chi connectivity index (χ1n) is 9.66. The number of carbonyl (C=O) groups excluding carboxylic acids is 2.